The van der Waals surface area contributed by atoms with Crippen molar-refractivity contribution in [3.63, 3.8) is 0 Å². The predicted molar refractivity (Wildman–Crippen MR) is 91.5 cm³/mol. The summed E-state index contributed by atoms with van der Waals surface area (Å²) in [5, 5.41) is 12.6. The fourth-order valence-corrected chi connectivity index (χ4v) is 3.94. The maximum atomic E-state index is 12.3. The normalized spacial score (nSPS) is 27.8. The van der Waals surface area contributed by atoms with Crippen LogP contribution in [0.25, 0.3) is 0 Å². The molecule has 1 aliphatic heterocycles. The minimum absolute atomic E-state index is 0.181. The number of hydrogen-bond donors (Lipinski definition) is 2. The molecule has 5 nitrogen and oxygen atoms in total. The first kappa shape index (κ1) is 18.2. The van der Waals surface area contributed by atoms with Crippen molar-refractivity contribution in [2.24, 2.45) is 17.6 Å². The van der Waals surface area contributed by atoms with E-state index in [1.165, 1.54) is 32.1 Å². The van der Waals surface area contributed by atoms with Gasteiger partial charge in [-0.1, -0.05) is 33.1 Å². The molecule has 0 spiro atoms. The molecule has 1 amide bonds. The van der Waals surface area contributed by atoms with Gasteiger partial charge < -0.3 is 11.1 Å². The van der Waals surface area contributed by atoms with Gasteiger partial charge in [-0.2, -0.15) is 5.26 Å². The summed E-state index contributed by atoms with van der Waals surface area (Å²) in [6, 6.07) is 1.83. The van der Waals surface area contributed by atoms with Crippen LogP contribution in [-0.4, -0.2) is 42.0 Å². The summed E-state index contributed by atoms with van der Waals surface area (Å²) >= 11 is 0. The van der Waals surface area contributed by atoms with Crippen molar-refractivity contribution in [2.45, 2.75) is 70.4 Å². The molecule has 1 saturated carbocycles. The van der Waals surface area contributed by atoms with Gasteiger partial charge in [0.25, 0.3) is 0 Å². The van der Waals surface area contributed by atoms with E-state index in [-0.39, 0.29) is 5.91 Å². The lowest BCUT2D eigenvalue weighted by molar-refractivity contribution is -0.124. The number of carbonyl (C=O) groups is 1. The number of likely N-dealkylation sites (tertiary alicyclic amines) is 1. The molecule has 1 aliphatic carbocycles. The van der Waals surface area contributed by atoms with Gasteiger partial charge in [0.1, 0.15) is 5.54 Å². The van der Waals surface area contributed by atoms with Gasteiger partial charge >= 0.3 is 0 Å². The molecule has 2 unspecified atom stereocenters. The fourth-order valence-electron chi connectivity index (χ4n) is 3.94. The first-order valence-corrected chi connectivity index (χ1v) is 9.15. The molecule has 0 aromatic rings. The van der Waals surface area contributed by atoms with Gasteiger partial charge in [-0.3, -0.25) is 9.69 Å². The van der Waals surface area contributed by atoms with Crippen LogP contribution in [0, 0.1) is 23.2 Å². The van der Waals surface area contributed by atoms with Crippen molar-refractivity contribution in [1.29, 1.82) is 5.26 Å². The van der Waals surface area contributed by atoms with Gasteiger partial charge in [-0.25, -0.2) is 0 Å². The van der Waals surface area contributed by atoms with Crippen LogP contribution in [-0.2, 0) is 4.79 Å². The maximum absolute atomic E-state index is 12.3. The molecule has 3 N–H and O–H groups in total. The lowest BCUT2D eigenvalue weighted by Crippen LogP contribution is -2.54. The zero-order valence-electron chi connectivity index (χ0n) is 14.7. The molecule has 2 rings (SSSR count). The fraction of sp³-hybridized carbons (Fsp3) is 0.889. The smallest absolute Gasteiger partial charge is 0.238 e. The van der Waals surface area contributed by atoms with Crippen molar-refractivity contribution < 1.29 is 4.79 Å². The van der Waals surface area contributed by atoms with E-state index in [4.69, 9.17) is 5.73 Å². The Morgan fingerprint density at radius 1 is 1.39 bits per heavy atom. The number of nitrogens with two attached hydrogens (primary N) is 1. The predicted octanol–water partition coefficient (Wildman–Crippen LogP) is 2.02. The lowest BCUT2D eigenvalue weighted by atomic mass is 9.89. The van der Waals surface area contributed by atoms with Gasteiger partial charge in [0, 0.05) is 19.6 Å². The Bertz CT molecular complexity index is 439. The number of nitrogens with one attached hydrogen (secondary N) is 1. The Labute approximate surface area is 140 Å². The Morgan fingerprint density at radius 3 is 2.70 bits per heavy atom. The number of amides is 1. The van der Waals surface area contributed by atoms with Crippen LogP contribution in [0.2, 0.25) is 0 Å². The highest BCUT2D eigenvalue weighted by atomic mass is 16.2. The molecular formula is C18H32N4O. The summed E-state index contributed by atoms with van der Waals surface area (Å²) in [5.74, 6) is 0.956. The van der Waals surface area contributed by atoms with Crippen LogP contribution in [0.15, 0.2) is 0 Å². The lowest BCUT2D eigenvalue weighted by Gasteiger charge is -2.29. The second-order valence-electron chi connectivity index (χ2n) is 7.91. The minimum atomic E-state index is -0.750. The van der Waals surface area contributed by atoms with E-state index >= 15 is 0 Å². The standard InChI is InChI=1S/C18H32N4O/c1-14(2)10-16(20)17(23)21-18(12-19)8-9-22(13-18)11-15-6-4-3-5-7-15/h14-16H,3-11,13,20H2,1-2H3,(H,21,23). The van der Waals surface area contributed by atoms with Crippen LogP contribution in [0.4, 0.5) is 0 Å². The van der Waals surface area contributed by atoms with Crippen LogP contribution in [0.1, 0.15) is 58.8 Å². The molecular weight excluding hydrogens is 288 g/mol. The Kier molecular flexibility index (Phi) is 6.43. The number of nitrogens with zero attached hydrogens (tertiary/aromatic N) is 2. The molecule has 0 aromatic heterocycles. The largest absolute Gasteiger partial charge is 0.335 e. The monoisotopic (exact) mass is 320 g/mol. The second-order valence-corrected chi connectivity index (χ2v) is 7.91. The van der Waals surface area contributed by atoms with Crippen molar-refractivity contribution in [1.82, 2.24) is 10.2 Å². The minimum Gasteiger partial charge on any atom is -0.335 e. The van der Waals surface area contributed by atoms with Crippen molar-refractivity contribution >= 4 is 5.91 Å². The molecule has 5 heteroatoms. The molecule has 2 atom stereocenters. The third-order valence-electron chi connectivity index (χ3n) is 5.23. The number of rotatable bonds is 6. The Balaban J connectivity index is 1.86. The zero-order valence-corrected chi connectivity index (χ0v) is 14.7. The highest BCUT2D eigenvalue weighted by Gasteiger charge is 2.41. The van der Waals surface area contributed by atoms with E-state index in [1.807, 2.05) is 0 Å². The van der Waals surface area contributed by atoms with Gasteiger partial charge in [-0.05, 0) is 37.5 Å². The number of nitriles is 1. The SMILES string of the molecule is CC(C)CC(N)C(=O)NC1(C#N)CCN(CC2CCCCC2)C1. The molecule has 1 heterocycles. The third kappa shape index (κ3) is 5.19. The van der Waals surface area contributed by atoms with Crippen molar-refractivity contribution in [3.05, 3.63) is 0 Å². The highest BCUT2D eigenvalue weighted by Crippen LogP contribution is 2.28. The van der Waals surface area contributed by atoms with Crippen LogP contribution < -0.4 is 11.1 Å². The summed E-state index contributed by atoms with van der Waals surface area (Å²) in [6.07, 6.45) is 8.01. The van der Waals surface area contributed by atoms with Gasteiger partial charge in [0.15, 0.2) is 0 Å². The second kappa shape index (κ2) is 8.12. The van der Waals surface area contributed by atoms with E-state index in [0.29, 0.717) is 25.3 Å². The Morgan fingerprint density at radius 2 is 2.09 bits per heavy atom. The molecule has 0 aromatic carbocycles. The Hall–Kier alpha value is -1.12. The molecule has 2 aliphatic rings. The first-order valence-electron chi connectivity index (χ1n) is 9.15. The molecule has 0 bridgehead atoms. The molecule has 2 fully saturated rings. The molecule has 0 radical (unpaired) electrons. The summed E-state index contributed by atoms with van der Waals surface area (Å²) in [4.78, 5) is 14.6. The maximum Gasteiger partial charge on any atom is 0.238 e. The zero-order chi connectivity index (χ0) is 16.9. The highest BCUT2D eigenvalue weighted by molar-refractivity contribution is 5.82. The quantitative estimate of drug-likeness (QED) is 0.784. The summed E-state index contributed by atoms with van der Waals surface area (Å²) in [5.41, 5.74) is 5.21. The van der Waals surface area contributed by atoms with Gasteiger partial charge in [0.2, 0.25) is 5.91 Å². The summed E-state index contributed by atoms with van der Waals surface area (Å²) in [7, 11) is 0. The number of hydrogen-bond acceptors (Lipinski definition) is 4. The summed E-state index contributed by atoms with van der Waals surface area (Å²) < 4.78 is 0. The van der Waals surface area contributed by atoms with E-state index in [0.717, 1.165) is 19.0 Å². The van der Waals surface area contributed by atoms with Gasteiger partial charge in [0.05, 0.1) is 12.1 Å². The van der Waals surface area contributed by atoms with E-state index in [1.54, 1.807) is 0 Å². The van der Waals surface area contributed by atoms with Crippen molar-refractivity contribution in [3.8, 4) is 6.07 Å². The van der Waals surface area contributed by atoms with E-state index in [2.05, 4.69) is 30.1 Å². The van der Waals surface area contributed by atoms with E-state index < -0.39 is 11.6 Å². The van der Waals surface area contributed by atoms with Crippen LogP contribution in [0.3, 0.4) is 0 Å². The van der Waals surface area contributed by atoms with Crippen LogP contribution in [0.5, 0.6) is 0 Å². The van der Waals surface area contributed by atoms with Crippen molar-refractivity contribution in [2.75, 3.05) is 19.6 Å². The first-order chi connectivity index (χ1) is 10.9. The van der Waals surface area contributed by atoms with E-state index in [9.17, 15) is 10.1 Å². The average molecular weight is 320 g/mol. The van der Waals surface area contributed by atoms with Gasteiger partial charge in [-0.15, -0.1) is 0 Å². The number of carbonyl (C=O) groups excluding carboxylic acids is 1. The average Bonchev–Trinajstić information content (AvgIpc) is 2.91. The summed E-state index contributed by atoms with van der Waals surface area (Å²) in [6.45, 7) is 6.70. The molecule has 130 valence electrons. The molecule has 1 saturated heterocycles. The third-order valence-corrected chi connectivity index (χ3v) is 5.23. The topological polar surface area (TPSA) is 82.1 Å². The molecule has 23 heavy (non-hydrogen) atoms. The van der Waals surface area contributed by atoms with Crippen LogP contribution >= 0.6 is 0 Å².